The number of anilines is 1. The Morgan fingerprint density at radius 1 is 0.793 bits per heavy atom. The van der Waals surface area contributed by atoms with E-state index < -0.39 is 0 Å². The monoisotopic (exact) mass is 417 g/mol. The van der Waals surface area contributed by atoms with Gasteiger partial charge in [-0.05, 0) is 35.7 Å². The molecule has 0 bridgehead atoms. The van der Waals surface area contributed by atoms with Crippen molar-refractivity contribution >= 4 is 29.0 Å². The number of benzene rings is 2. The molecule has 4 rings (SSSR count). The molecule has 1 aliphatic heterocycles. The maximum Gasteiger partial charge on any atom is 0.162 e. The van der Waals surface area contributed by atoms with Crippen LogP contribution in [0.4, 0.5) is 5.69 Å². The third-order valence-corrected chi connectivity index (χ3v) is 5.18. The Hall–Kier alpha value is -2.93. The molecule has 0 saturated heterocycles. The highest BCUT2D eigenvalue weighted by Crippen LogP contribution is 2.38. The minimum Gasteiger partial charge on any atom is -0.493 e. The molecule has 154 valence electrons. The van der Waals surface area contributed by atoms with Crippen LogP contribution in [0.3, 0.4) is 0 Å². The summed E-state index contributed by atoms with van der Waals surface area (Å²) in [5.41, 5.74) is 4.29. The number of halogens is 1. The van der Waals surface area contributed by atoms with Gasteiger partial charge in [0, 0.05) is 24.5 Å². The van der Waals surface area contributed by atoms with Crippen molar-refractivity contribution in [2.75, 3.05) is 39.9 Å². The first kappa shape index (κ1) is 20.8. The van der Waals surface area contributed by atoms with Gasteiger partial charge in [-0.25, -0.2) is 0 Å². The highest BCUT2D eigenvalue weighted by atomic mass is 35.5. The molecule has 8 heteroatoms. The molecule has 0 spiro atoms. The van der Waals surface area contributed by atoms with Crippen LogP contribution in [0.1, 0.15) is 11.1 Å². The van der Waals surface area contributed by atoms with E-state index in [1.165, 1.54) is 11.1 Å². The molecule has 2 heterocycles. The summed E-state index contributed by atoms with van der Waals surface area (Å²) < 4.78 is 21.8. The third kappa shape index (κ3) is 3.70. The van der Waals surface area contributed by atoms with Crippen molar-refractivity contribution in [3.8, 4) is 23.0 Å². The number of hydrogen-bond acceptors (Lipinski definition) is 7. The van der Waals surface area contributed by atoms with Gasteiger partial charge in [0.15, 0.2) is 23.0 Å². The first-order valence-corrected chi connectivity index (χ1v) is 9.04. The molecular weight excluding hydrogens is 394 g/mol. The molecule has 0 saturated carbocycles. The molecular formula is C21H24ClN3O4. The van der Waals surface area contributed by atoms with Gasteiger partial charge in [0.05, 0.1) is 45.8 Å². The fourth-order valence-electron chi connectivity index (χ4n) is 3.71. The smallest absolute Gasteiger partial charge is 0.162 e. The normalized spacial score (nSPS) is 12.8. The molecule has 1 aromatic heterocycles. The summed E-state index contributed by atoms with van der Waals surface area (Å²) in [4.78, 5) is 2.30. The van der Waals surface area contributed by atoms with Crippen LogP contribution in [0.25, 0.3) is 10.9 Å². The van der Waals surface area contributed by atoms with Crippen LogP contribution in [0.15, 0.2) is 30.5 Å². The fraction of sp³-hybridized carbons (Fsp3) is 0.333. The van der Waals surface area contributed by atoms with Crippen molar-refractivity contribution in [2.24, 2.45) is 0 Å². The minimum atomic E-state index is 0. The van der Waals surface area contributed by atoms with Gasteiger partial charge in [-0.1, -0.05) is 0 Å². The van der Waals surface area contributed by atoms with Crippen molar-refractivity contribution in [1.29, 1.82) is 0 Å². The van der Waals surface area contributed by atoms with Crippen molar-refractivity contribution in [1.82, 2.24) is 10.2 Å². The van der Waals surface area contributed by atoms with Gasteiger partial charge in [0.2, 0.25) is 0 Å². The Labute approximate surface area is 175 Å². The SMILES string of the molecule is COc1cc2c(cc1OC)CN(c1cnnc3cc(OC)c(OC)cc13)CC2.Cl. The first-order valence-electron chi connectivity index (χ1n) is 9.04. The van der Waals surface area contributed by atoms with Crippen molar-refractivity contribution in [2.45, 2.75) is 13.0 Å². The van der Waals surface area contributed by atoms with E-state index in [1.807, 2.05) is 12.1 Å². The summed E-state index contributed by atoms with van der Waals surface area (Å²) >= 11 is 0. The first-order chi connectivity index (χ1) is 13.7. The van der Waals surface area contributed by atoms with E-state index in [1.54, 1.807) is 34.6 Å². The molecule has 0 amide bonds. The number of hydrogen-bond donors (Lipinski definition) is 0. The Morgan fingerprint density at radius 3 is 2.03 bits per heavy atom. The van der Waals surface area contributed by atoms with E-state index in [4.69, 9.17) is 18.9 Å². The largest absolute Gasteiger partial charge is 0.493 e. The lowest BCUT2D eigenvalue weighted by atomic mass is 9.98. The summed E-state index contributed by atoms with van der Waals surface area (Å²) in [5.74, 6) is 2.82. The van der Waals surface area contributed by atoms with E-state index in [9.17, 15) is 0 Å². The van der Waals surface area contributed by atoms with Crippen LogP contribution < -0.4 is 23.8 Å². The van der Waals surface area contributed by atoms with E-state index in [0.29, 0.717) is 11.5 Å². The third-order valence-electron chi connectivity index (χ3n) is 5.18. The maximum atomic E-state index is 5.48. The van der Waals surface area contributed by atoms with Gasteiger partial charge in [0.25, 0.3) is 0 Å². The molecule has 0 unspecified atom stereocenters. The highest BCUT2D eigenvalue weighted by Gasteiger charge is 2.22. The fourth-order valence-corrected chi connectivity index (χ4v) is 3.71. The lowest BCUT2D eigenvalue weighted by molar-refractivity contribution is 0.353. The summed E-state index contributed by atoms with van der Waals surface area (Å²) in [6.45, 7) is 1.63. The van der Waals surface area contributed by atoms with Gasteiger partial charge < -0.3 is 23.8 Å². The average molecular weight is 418 g/mol. The number of nitrogens with zero attached hydrogens (tertiary/aromatic N) is 3. The molecule has 0 radical (unpaired) electrons. The van der Waals surface area contributed by atoms with Crippen molar-refractivity contribution in [3.63, 3.8) is 0 Å². The molecule has 0 atom stereocenters. The standard InChI is InChI=1S/C21H23N3O4.ClH/c1-25-18-7-13-5-6-24(12-14(13)8-19(18)26-2)17-11-22-23-16-10-21(28-4)20(27-3)9-15(16)17;/h7-11H,5-6,12H2,1-4H3;1H. The molecule has 0 aliphatic carbocycles. The van der Waals surface area contributed by atoms with Gasteiger partial charge in [0.1, 0.15) is 0 Å². The molecule has 0 N–H and O–H groups in total. The Kier molecular flexibility index (Phi) is 6.17. The van der Waals surface area contributed by atoms with Crippen LogP contribution in [0.5, 0.6) is 23.0 Å². The van der Waals surface area contributed by atoms with E-state index in [2.05, 4.69) is 27.2 Å². The van der Waals surface area contributed by atoms with Gasteiger partial charge in [-0.2, -0.15) is 10.2 Å². The quantitative estimate of drug-likeness (QED) is 0.627. The van der Waals surface area contributed by atoms with E-state index in [0.717, 1.165) is 47.6 Å². The van der Waals surface area contributed by atoms with Crippen LogP contribution in [-0.2, 0) is 13.0 Å². The predicted molar refractivity (Wildman–Crippen MR) is 114 cm³/mol. The molecule has 2 aromatic carbocycles. The van der Waals surface area contributed by atoms with Crippen LogP contribution in [-0.4, -0.2) is 45.2 Å². The summed E-state index contributed by atoms with van der Waals surface area (Å²) in [6.07, 6.45) is 2.72. The number of aromatic nitrogens is 2. The number of methoxy groups -OCH3 is 4. The van der Waals surface area contributed by atoms with Gasteiger partial charge in [-0.15, -0.1) is 12.4 Å². The zero-order valence-corrected chi connectivity index (χ0v) is 17.7. The number of fused-ring (bicyclic) bond motifs is 2. The molecule has 0 fully saturated rings. The lowest BCUT2D eigenvalue weighted by Crippen LogP contribution is -2.30. The molecule has 1 aliphatic rings. The van der Waals surface area contributed by atoms with Crippen molar-refractivity contribution < 1.29 is 18.9 Å². The molecule has 29 heavy (non-hydrogen) atoms. The zero-order chi connectivity index (χ0) is 19.7. The van der Waals surface area contributed by atoms with Gasteiger partial charge >= 0.3 is 0 Å². The van der Waals surface area contributed by atoms with Crippen LogP contribution >= 0.6 is 12.4 Å². The van der Waals surface area contributed by atoms with Crippen LogP contribution in [0.2, 0.25) is 0 Å². The Balaban J connectivity index is 0.00000240. The Morgan fingerprint density at radius 2 is 1.38 bits per heavy atom. The van der Waals surface area contributed by atoms with E-state index >= 15 is 0 Å². The second-order valence-electron chi connectivity index (χ2n) is 6.60. The second-order valence-corrected chi connectivity index (χ2v) is 6.60. The van der Waals surface area contributed by atoms with Crippen LogP contribution in [0, 0.1) is 0 Å². The average Bonchev–Trinajstić information content (AvgIpc) is 2.76. The van der Waals surface area contributed by atoms with Gasteiger partial charge in [-0.3, -0.25) is 0 Å². The molecule has 3 aromatic rings. The lowest BCUT2D eigenvalue weighted by Gasteiger charge is -2.31. The summed E-state index contributed by atoms with van der Waals surface area (Å²) in [6, 6.07) is 7.95. The topological polar surface area (TPSA) is 65.9 Å². The number of ether oxygens (including phenoxy) is 4. The second kappa shape index (κ2) is 8.61. The maximum absolute atomic E-state index is 5.48. The Bertz CT molecular complexity index is 1030. The van der Waals surface area contributed by atoms with Crippen molar-refractivity contribution in [3.05, 3.63) is 41.6 Å². The minimum absolute atomic E-state index is 0. The molecule has 7 nitrogen and oxygen atoms in total. The number of rotatable bonds is 5. The van der Waals surface area contributed by atoms with E-state index in [-0.39, 0.29) is 12.4 Å². The highest BCUT2D eigenvalue weighted by molar-refractivity contribution is 5.93. The zero-order valence-electron chi connectivity index (χ0n) is 16.9. The predicted octanol–water partition coefficient (Wildman–Crippen LogP) is 3.65. The summed E-state index contributed by atoms with van der Waals surface area (Å²) in [5, 5.41) is 9.45. The summed E-state index contributed by atoms with van der Waals surface area (Å²) in [7, 11) is 6.57.